The molecule has 2 aromatic heterocycles. The quantitative estimate of drug-likeness (QED) is 0.223. The number of ether oxygens (including phenoxy) is 2. The summed E-state index contributed by atoms with van der Waals surface area (Å²) in [6.45, 7) is 8.04. The lowest BCUT2D eigenvalue weighted by molar-refractivity contribution is -0.142. The van der Waals surface area contributed by atoms with Crippen LogP contribution in [0.1, 0.15) is 31.5 Å². The second-order valence-corrected chi connectivity index (χ2v) is 8.72. The van der Waals surface area contributed by atoms with Gasteiger partial charge in [0, 0.05) is 11.9 Å². The zero-order valence-electron chi connectivity index (χ0n) is 18.7. The lowest BCUT2D eigenvalue weighted by Crippen LogP contribution is -2.15. The van der Waals surface area contributed by atoms with Crippen molar-refractivity contribution in [1.29, 1.82) is 0 Å². The lowest BCUT2D eigenvalue weighted by atomic mass is 10.3. The van der Waals surface area contributed by atoms with Crippen LogP contribution in [0.4, 0.5) is 9.52 Å². The van der Waals surface area contributed by atoms with Crippen LogP contribution in [0.15, 0.2) is 47.5 Å². The van der Waals surface area contributed by atoms with Crippen molar-refractivity contribution in [3.05, 3.63) is 59.6 Å². The zero-order chi connectivity index (χ0) is 24.5. The fourth-order valence-electron chi connectivity index (χ4n) is 2.87. The molecule has 1 aromatic carbocycles. The highest BCUT2D eigenvalue weighted by atomic mass is 32.2. The van der Waals surface area contributed by atoms with Crippen LogP contribution in [0, 0.1) is 5.82 Å². The molecule has 1 N–H and O–H groups in total. The fourth-order valence-corrected chi connectivity index (χ4v) is 4.35. The second-order valence-electron chi connectivity index (χ2n) is 6.92. The van der Waals surface area contributed by atoms with Crippen LogP contribution in [0.3, 0.4) is 0 Å². The number of nitrogens with zero attached hydrogens (tertiary/aromatic N) is 4. The molecule has 34 heavy (non-hydrogen) atoms. The number of allylic oxidation sites excluding steroid dienone is 1. The molecule has 0 fully saturated rings. The first-order valence-corrected chi connectivity index (χ1v) is 12.2. The number of thioether (sulfide) groups is 1. The Bertz CT molecular complexity index is 1130. The van der Waals surface area contributed by atoms with E-state index < -0.39 is 6.10 Å². The van der Waals surface area contributed by atoms with Crippen LogP contribution >= 0.6 is 23.1 Å². The summed E-state index contributed by atoms with van der Waals surface area (Å²) in [7, 11) is 0. The maximum atomic E-state index is 13.1. The Kier molecular flexibility index (Phi) is 9.16. The van der Waals surface area contributed by atoms with Crippen molar-refractivity contribution < 1.29 is 23.5 Å². The molecule has 2 heterocycles. The fraction of sp³-hybridized carbons (Fsp3) is 0.318. The number of hydrogen-bond donors (Lipinski definition) is 1. The number of benzene rings is 1. The number of amides is 1. The van der Waals surface area contributed by atoms with E-state index in [1.807, 2.05) is 6.92 Å². The molecule has 1 atom stereocenters. The van der Waals surface area contributed by atoms with Crippen molar-refractivity contribution in [2.75, 3.05) is 17.7 Å². The van der Waals surface area contributed by atoms with Crippen molar-refractivity contribution in [3.8, 4) is 5.75 Å². The van der Waals surface area contributed by atoms with Crippen LogP contribution < -0.4 is 10.1 Å². The maximum Gasteiger partial charge on any atom is 0.311 e. The monoisotopic (exact) mass is 505 g/mol. The molecule has 9 nitrogen and oxygen atoms in total. The lowest BCUT2D eigenvalue weighted by Gasteiger charge is -2.15. The molecule has 0 aliphatic rings. The van der Waals surface area contributed by atoms with Crippen LogP contribution in [0.25, 0.3) is 0 Å². The van der Waals surface area contributed by atoms with E-state index in [0.29, 0.717) is 40.7 Å². The average Bonchev–Trinajstić information content (AvgIpc) is 3.41. The number of carbonyl (C=O) groups excluding carboxylic acids is 2. The van der Waals surface area contributed by atoms with Gasteiger partial charge in [0.25, 0.3) is 0 Å². The normalized spacial score (nSPS) is 11.6. The summed E-state index contributed by atoms with van der Waals surface area (Å²) >= 11 is 2.45. The topological polar surface area (TPSA) is 108 Å². The number of hydrogen-bond acceptors (Lipinski definition) is 9. The van der Waals surface area contributed by atoms with Gasteiger partial charge in [0.1, 0.15) is 11.6 Å². The Labute approximate surface area is 204 Å². The van der Waals surface area contributed by atoms with E-state index in [4.69, 9.17) is 9.47 Å². The van der Waals surface area contributed by atoms with Gasteiger partial charge in [0.05, 0.1) is 24.5 Å². The van der Waals surface area contributed by atoms with Gasteiger partial charge >= 0.3 is 5.97 Å². The molecule has 180 valence electrons. The number of nitrogens with one attached hydrogen (secondary N) is 1. The largest absolute Gasteiger partial charge is 0.483 e. The van der Waals surface area contributed by atoms with E-state index in [1.54, 1.807) is 22.9 Å². The van der Waals surface area contributed by atoms with E-state index in [1.165, 1.54) is 47.4 Å². The van der Waals surface area contributed by atoms with Gasteiger partial charge < -0.3 is 14.8 Å². The van der Waals surface area contributed by atoms with E-state index in [9.17, 15) is 14.0 Å². The number of aromatic nitrogens is 4. The molecular weight excluding hydrogens is 481 g/mol. The highest BCUT2D eigenvalue weighted by molar-refractivity contribution is 7.99. The number of halogens is 1. The number of rotatable bonds is 12. The highest BCUT2D eigenvalue weighted by Gasteiger charge is 2.20. The minimum Gasteiger partial charge on any atom is -0.483 e. The third-order valence-corrected chi connectivity index (χ3v) is 6.08. The second kappa shape index (κ2) is 12.3. The molecule has 3 aromatic rings. The maximum absolute atomic E-state index is 13.1. The Morgan fingerprint density at radius 2 is 2.09 bits per heavy atom. The van der Waals surface area contributed by atoms with Gasteiger partial charge in [-0.3, -0.25) is 14.2 Å². The van der Waals surface area contributed by atoms with Gasteiger partial charge in [-0.1, -0.05) is 17.8 Å². The van der Waals surface area contributed by atoms with Crippen molar-refractivity contribution in [2.45, 2.75) is 38.1 Å². The molecule has 3 rings (SSSR count). The van der Waals surface area contributed by atoms with Gasteiger partial charge in [0.15, 0.2) is 22.2 Å². The summed E-state index contributed by atoms with van der Waals surface area (Å²) in [6.07, 6.45) is 1.29. The zero-order valence-corrected chi connectivity index (χ0v) is 20.3. The summed E-state index contributed by atoms with van der Waals surface area (Å²) in [5, 5.41) is 13.8. The SMILES string of the molecule is C=CCn1c(SCC(=O)Nc2nc(CC(=O)OCC)cs2)nnc1C(C)Oc1ccc(F)cc1. The Morgan fingerprint density at radius 3 is 2.79 bits per heavy atom. The van der Waals surface area contributed by atoms with Gasteiger partial charge in [-0.25, -0.2) is 9.37 Å². The third-order valence-electron chi connectivity index (χ3n) is 4.31. The van der Waals surface area contributed by atoms with Crippen LogP contribution in [0.5, 0.6) is 5.75 Å². The average molecular weight is 506 g/mol. The Hall–Kier alpha value is -3.25. The Morgan fingerprint density at radius 1 is 1.32 bits per heavy atom. The standard InChI is InChI=1S/C22H24FN5O4S2/c1-4-10-28-20(14(3)32-17-8-6-15(23)7-9-17)26-27-22(28)34-13-18(29)25-21-24-16(12-33-21)11-19(30)31-5-2/h4,6-9,12,14H,1,5,10-11,13H2,2-3H3,(H,24,25,29). The number of carbonyl (C=O) groups is 2. The van der Waals surface area contributed by atoms with Crippen LogP contribution in [-0.2, 0) is 27.3 Å². The Balaban J connectivity index is 1.59. The van der Waals surface area contributed by atoms with Gasteiger partial charge in [0.2, 0.25) is 5.91 Å². The predicted octanol–water partition coefficient (Wildman–Crippen LogP) is 4.04. The smallest absolute Gasteiger partial charge is 0.311 e. The first-order chi connectivity index (χ1) is 16.4. The third kappa shape index (κ3) is 7.12. The summed E-state index contributed by atoms with van der Waals surface area (Å²) in [6, 6.07) is 5.71. The minimum absolute atomic E-state index is 0.0561. The predicted molar refractivity (Wildman–Crippen MR) is 127 cm³/mol. The van der Waals surface area contributed by atoms with Crippen molar-refractivity contribution >= 4 is 40.1 Å². The van der Waals surface area contributed by atoms with Crippen LogP contribution in [0.2, 0.25) is 0 Å². The van der Waals surface area contributed by atoms with Gasteiger partial charge in [-0.05, 0) is 38.1 Å². The molecule has 0 bridgehead atoms. The highest BCUT2D eigenvalue weighted by Crippen LogP contribution is 2.25. The molecule has 0 spiro atoms. The molecule has 1 unspecified atom stereocenters. The molecule has 1 amide bonds. The van der Waals surface area contributed by atoms with E-state index in [-0.39, 0.29) is 29.9 Å². The van der Waals surface area contributed by atoms with Gasteiger partial charge in [-0.15, -0.1) is 28.1 Å². The van der Waals surface area contributed by atoms with Crippen molar-refractivity contribution in [3.63, 3.8) is 0 Å². The van der Waals surface area contributed by atoms with Crippen molar-refractivity contribution in [1.82, 2.24) is 19.7 Å². The molecule has 0 saturated carbocycles. The molecule has 0 saturated heterocycles. The first-order valence-electron chi connectivity index (χ1n) is 10.4. The number of esters is 1. The summed E-state index contributed by atoms with van der Waals surface area (Å²) in [4.78, 5) is 28.2. The first kappa shape index (κ1) is 25.4. The van der Waals surface area contributed by atoms with Crippen molar-refractivity contribution in [2.24, 2.45) is 0 Å². The summed E-state index contributed by atoms with van der Waals surface area (Å²) in [5.74, 6) is 0.148. The van der Waals surface area contributed by atoms with Crippen LogP contribution in [-0.4, -0.2) is 44.0 Å². The van der Waals surface area contributed by atoms with E-state index in [2.05, 4.69) is 27.1 Å². The molecule has 0 aliphatic carbocycles. The molecule has 0 radical (unpaired) electrons. The van der Waals surface area contributed by atoms with E-state index in [0.717, 1.165) is 0 Å². The summed E-state index contributed by atoms with van der Waals surface area (Å²) < 4.78 is 25.7. The molecular formula is C22H24FN5O4S2. The van der Waals surface area contributed by atoms with Gasteiger partial charge in [-0.2, -0.15) is 0 Å². The minimum atomic E-state index is -0.464. The molecule has 0 aliphatic heterocycles. The number of thiazole rings is 1. The number of anilines is 1. The van der Waals surface area contributed by atoms with E-state index >= 15 is 0 Å². The summed E-state index contributed by atoms with van der Waals surface area (Å²) in [5.41, 5.74) is 0.539. The molecule has 12 heteroatoms.